The molecular weight excluding hydrogens is 1270 g/mol. The molecule has 8 rings (SSSR count). The molecule has 0 saturated heterocycles. The van der Waals surface area contributed by atoms with E-state index in [0.717, 1.165) is 61.7 Å². The van der Waals surface area contributed by atoms with Crippen LogP contribution in [0.2, 0.25) is 0 Å². The first-order valence-electron chi connectivity index (χ1n) is 21.7. The Morgan fingerprint density at radius 1 is 0.357 bits per heavy atom. The number of phenolic OH excluding ortho intramolecular Hbond substituents is 3. The second kappa shape index (κ2) is 21.5. The molecule has 0 bridgehead atoms. The molecule has 8 aromatic carbocycles. The van der Waals surface area contributed by atoms with E-state index in [0.29, 0.717) is 30.3 Å². The van der Waals surface area contributed by atoms with Crippen LogP contribution in [0.5, 0.6) is 23.0 Å². The number of fused-ring (bicyclic) bond motifs is 3. The van der Waals surface area contributed by atoms with Crippen molar-refractivity contribution in [2.75, 3.05) is 12.8 Å². The molecule has 0 aliphatic heterocycles. The summed E-state index contributed by atoms with van der Waals surface area (Å²) in [7, 11) is -36.5. The van der Waals surface area contributed by atoms with Crippen LogP contribution in [0, 0.1) is 0 Å². The number of hydrogen-bond acceptors (Lipinski definition) is 27. The molecule has 0 spiro atoms. The maximum Gasteiger partial charge on any atom is 0.296 e. The molecule has 0 radical (unpaired) electrons. The zero-order valence-electron chi connectivity index (χ0n) is 40.8. The first-order valence-corrected chi connectivity index (χ1v) is 31.8. The lowest BCUT2D eigenvalue weighted by Crippen LogP contribution is -2.04. The van der Waals surface area contributed by atoms with Crippen molar-refractivity contribution in [1.82, 2.24) is 0 Å². The molecule has 8 aromatic rings. The van der Waals surface area contributed by atoms with Gasteiger partial charge in [-0.25, -0.2) is 0 Å². The Hall–Kier alpha value is -8.69. The van der Waals surface area contributed by atoms with E-state index in [4.69, 9.17) is 10.5 Å². The van der Waals surface area contributed by atoms with E-state index in [1.807, 2.05) is 0 Å². The molecular formula is C43H31N9O25S7. The summed E-state index contributed by atoms with van der Waals surface area (Å²) in [5.41, 5.74) is -1.73. The summed E-state index contributed by atoms with van der Waals surface area (Å²) >= 11 is 0. The number of aromatic hydroxyl groups is 3. The van der Waals surface area contributed by atoms with Crippen LogP contribution in [-0.2, 0) is 70.8 Å². The Morgan fingerprint density at radius 2 is 0.798 bits per heavy atom. The van der Waals surface area contributed by atoms with Gasteiger partial charge in [0.1, 0.15) is 74.1 Å². The summed E-state index contributed by atoms with van der Waals surface area (Å²) < 4.78 is 251. The number of nitrogen functional groups attached to an aromatic ring is 1. The third kappa shape index (κ3) is 12.3. The van der Waals surface area contributed by atoms with E-state index >= 15 is 0 Å². The number of azo groups is 4. The van der Waals surface area contributed by atoms with E-state index in [2.05, 4.69) is 40.9 Å². The van der Waals surface area contributed by atoms with Gasteiger partial charge in [-0.15, -0.1) is 30.7 Å². The van der Waals surface area contributed by atoms with Crippen LogP contribution in [0.4, 0.5) is 51.2 Å². The fourth-order valence-corrected chi connectivity index (χ4v) is 12.5. The summed E-state index contributed by atoms with van der Waals surface area (Å²) in [5, 5.41) is 59.6. The largest absolute Gasteiger partial charge is 0.505 e. The molecule has 0 amide bonds. The molecule has 0 unspecified atom stereocenters. The zero-order chi connectivity index (χ0) is 62.2. The van der Waals surface area contributed by atoms with Crippen LogP contribution in [0.15, 0.2) is 172 Å². The lowest BCUT2D eigenvalue weighted by Gasteiger charge is -2.14. The minimum atomic E-state index is -5.59. The highest BCUT2D eigenvalue weighted by Crippen LogP contribution is 2.50. The maximum atomic E-state index is 12.9. The van der Waals surface area contributed by atoms with Gasteiger partial charge >= 0.3 is 0 Å². The van der Waals surface area contributed by atoms with Crippen molar-refractivity contribution in [3.8, 4) is 23.0 Å². The van der Waals surface area contributed by atoms with Crippen LogP contribution >= 0.6 is 0 Å². The summed E-state index contributed by atoms with van der Waals surface area (Å²) in [6, 6.07) is 13.3. The van der Waals surface area contributed by atoms with Crippen LogP contribution in [-0.4, -0.2) is 113 Å². The lowest BCUT2D eigenvalue weighted by atomic mass is 10.0. The highest BCUT2D eigenvalue weighted by molar-refractivity contribution is 7.87. The fourth-order valence-electron chi connectivity index (χ4n) is 7.86. The van der Waals surface area contributed by atoms with Crippen LogP contribution in [0.25, 0.3) is 32.3 Å². The van der Waals surface area contributed by atoms with E-state index in [1.165, 1.54) is 12.1 Å². The predicted molar refractivity (Wildman–Crippen MR) is 286 cm³/mol. The summed E-state index contributed by atoms with van der Waals surface area (Å²) in [4.78, 5) is -8.27. The smallest absolute Gasteiger partial charge is 0.296 e. The number of ether oxygens (including phenoxy) is 1. The Labute approximate surface area is 470 Å². The van der Waals surface area contributed by atoms with E-state index in [9.17, 15) is 106 Å². The second-order valence-corrected chi connectivity index (χ2v) is 26.6. The van der Waals surface area contributed by atoms with Gasteiger partial charge in [-0.3, -0.25) is 31.9 Å². The van der Waals surface area contributed by atoms with E-state index < -0.39 is 189 Å². The van der Waals surface area contributed by atoms with Crippen molar-refractivity contribution in [2.45, 2.75) is 34.3 Å². The zero-order valence-corrected chi connectivity index (χ0v) is 46.6. The Morgan fingerprint density at radius 3 is 1.33 bits per heavy atom. The highest BCUT2D eigenvalue weighted by atomic mass is 32.2. The van der Waals surface area contributed by atoms with Gasteiger partial charge in [0, 0.05) is 22.2 Å². The van der Waals surface area contributed by atoms with Crippen molar-refractivity contribution in [2.24, 2.45) is 40.9 Å². The molecule has 41 heteroatoms. The molecule has 34 nitrogen and oxygen atoms in total. The molecule has 0 aromatic heterocycles. The molecule has 0 heterocycles. The Balaban J connectivity index is 1.28. The monoisotopic (exact) mass is 1300 g/mol. The molecule has 84 heavy (non-hydrogen) atoms. The molecule has 0 aliphatic carbocycles. The van der Waals surface area contributed by atoms with Crippen molar-refractivity contribution in [3.05, 3.63) is 97.1 Å². The SMILES string of the molecule is COc1ccc(N=Nc2c(S(=O)(=O)O)cc3c(S(=O)(=O)O)cc(N=Nc4c(S(=O)(=O)O)cc5cc(S(=O)(=O)O)c(N=Nc6ccc7c(O)c(N=Nc8ccccc8S(=O)(=O)O)c(S(=O)(=O)O)cc7c6)c(O)c5c4N)cc3c2O)c(S(=O)(=O)O)c1. The first kappa shape index (κ1) is 61.4. The Kier molecular flexibility index (Phi) is 15.7. The summed E-state index contributed by atoms with van der Waals surface area (Å²) in [6.45, 7) is 0. The molecule has 0 aliphatic rings. The molecule has 0 fully saturated rings. The van der Waals surface area contributed by atoms with E-state index in [-0.39, 0.29) is 22.2 Å². The second-order valence-electron chi connectivity index (χ2n) is 16.8. The van der Waals surface area contributed by atoms with Gasteiger partial charge in [-0.2, -0.15) is 69.2 Å². The van der Waals surface area contributed by atoms with Crippen molar-refractivity contribution < 1.29 is 111 Å². The number of anilines is 1. The van der Waals surface area contributed by atoms with Gasteiger partial charge in [0.05, 0.1) is 29.6 Å². The topological polar surface area (TPSA) is 575 Å². The van der Waals surface area contributed by atoms with Gasteiger partial charge in [0.15, 0.2) is 17.2 Å². The normalized spacial score (nSPS) is 13.4. The van der Waals surface area contributed by atoms with Gasteiger partial charge < -0.3 is 25.8 Å². The molecule has 0 atom stereocenters. The van der Waals surface area contributed by atoms with Gasteiger partial charge in [-0.1, -0.05) is 12.1 Å². The van der Waals surface area contributed by atoms with Gasteiger partial charge in [-0.05, 0) is 89.6 Å². The quantitative estimate of drug-likeness (QED) is 0.0246. The third-order valence-electron chi connectivity index (χ3n) is 11.5. The van der Waals surface area contributed by atoms with E-state index in [1.54, 1.807) is 0 Å². The lowest BCUT2D eigenvalue weighted by molar-refractivity contribution is 0.412. The number of nitrogens with zero attached hydrogens (tertiary/aromatic N) is 8. The summed E-state index contributed by atoms with van der Waals surface area (Å²) in [6.07, 6.45) is 0. The van der Waals surface area contributed by atoms with Crippen molar-refractivity contribution in [3.63, 3.8) is 0 Å². The van der Waals surface area contributed by atoms with Crippen molar-refractivity contribution in [1.29, 1.82) is 0 Å². The van der Waals surface area contributed by atoms with Crippen LogP contribution in [0.1, 0.15) is 0 Å². The number of benzene rings is 8. The fraction of sp³-hybridized carbons (Fsp3) is 0.0233. The van der Waals surface area contributed by atoms with Gasteiger partial charge in [0.2, 0.25) is 0 Å². The number of phenols is 3. The maximum absolute atomic E-state index is 12.9. The number of hydrogen-bond donors (Lipinski definition) is 11. The average Bonchev–Trinajstić information content (AvgIpc) is 0.898. The van der Waals surface area contributed by atoms with Crippen LogP contribution < -0.4 is 10.5 Å². The van der Waals surface area contributed by atoms with Crippen LogP contribution in [0.3, 0.4) is 0 Å². The minimum Gasteiger partial charge on any atom is -0.505 e. The standard InChI is InChI=1S/C43H31N9O25S7/c1-77-22-7-9-27(30(16-22)80(62,63)64)48-52-39-34(84(74,75)76)17-24-25(42(39)54)14-21(15-29(24)79(59,60)61)46-49-37-31(81(65,66)67)12-19-13-33(83(71,72)73)40(43(55)35(19)36(37)44)50-45-20-6-8-23-18(10-20)11-32(82(68,69)70)38(41(23)53)51-47-26-4-2-3-5-28(26)78(56,57)58/h2-17,53-55H,44H2,1H3,(H,56,57,58)(H,59,60,61)(H,62,63,64)(H,65,66,67)(H,68,69,70)(H,71,72,73)(H,74,75,76). The molecule has 12 N–H and O–H groups in total. The predicted octanol–water partition coefficient (Wildman–Crippen LogP) is 8.24. The van der Waals surface area contributed by atoms with Crippen molar-refractivity contribution >= 4 is 154 Å². The summed E-state index contributed by atoms with van der Waals surface area (Å²) in [5.74, 6) is -3.88. The average molecular weight is 1300 g/mol. The molecule has 440 valence electrons. The third-order valence-corrected chi connectivity index (χ3v) is 17.6. The Bertz CT molecular complexity index is 5200. The number of rotatable bonds is 16. The van der Waals surface area contributed by atoms with Gasteiger partial charge in [0.25, 0.3) is 70.8 Å². The minimum absolute atomic E-state index is 0.141. The number of nitrogens with two attached hydrogens (primary N) is 1. The highest BCUT2D eigenvalue weighted by Gasteiger charge is 2.31. The number of methoxy groups -OCH3 is 1. The molecule has 0 saturated carbocycles. The first-order chi connectivity index (χ1) is 38.7.